The third kappa shape index (κ3) is 6.07. The van der Waals surface area contributed by atoms with Crippen molar-refractivity contribution in [2.45, 2.75) is 89.6 Å². The normalized spacial score (nSPS) is 28.2. The summed E-state index contributed by atoms with van der Waals surface area (Å²) in [6, 6.07) is 1.78. The predicted octanol–water partition coefficient (Wildman–Crippen LogP) is 8.81. The zero-order valence-electron chi connectivity index (χ0n) is 17.8. The molecule has 0 N–H and O–H groups in total. The molecule has 0 bridgehead atoms. The maximum absolute atomic E-state index is 13.9. The Bertz CT molecular complexity index is 682. The van der Waals surface area contributed by atoms with E-state index in [1.807, 2.05) is 0 Å². The summed E-state index contributed by atoms with van der Waals surface area (Å²) in [6.07, 6.45) is 11.9. The Labute approximate surface area is 176 Å². The second-order valence-electron chi connectivity index (χ2n) is 9.34. The van der Waals surface area contributed by atoms with E-state index in [1.54, 1.807) is 0 Å². The van der Waals surface area contributed by atoms with E-state index in [0.717, 1.165) is 49.7 Å². The number of allylic oxidation sites excluding steroid dienone is 2. The summed E-state index contributed by atoms with van der Waals surface area (Å²) in [4.78, 5) is 0. The van der Waals surface area contributed by atoms with Gasteiger partial charge in [-0.15, -0.1) is 0 Å². The maximum atomic E-state index is 13.9. The van der Waals surface area contributed by atoms with Gasteiger partial charge in [0, 0.05) is 0 Å². The second-order valence-corrected chi connectivity index (χ2v) is 9.34. The summed E-state index contributed by atoms with van der Waals surface area (Å²) in [5, 5.41) is 0. The molecule has 2 saturated carbocycles. The fourth-order valence-corrected chi connectivity index (χ4v) is 5.44. The summed E-state index contributed by atoms with van der Waals surface area (Å²) in [7, 11) is 0. The Morgan fingerprint density at radius 3 is 1.73 bits per heavy atom. The summed E-state index contributed by atoms with van der Waals surface area (Å²) in [5.41, 5.74) is -1.41. The van der Waals surface area contributed by atoms with E-state index in [9.17, 15) is 22.0 Å². The Morgan fingerprint density at radius 1 is 0.800 bits per heavy atom. The summed E-state index contributed by atoms with van der Waals surface area (Å²) >= 11 is 0. The van der Waals surface area contributed by atoms with Crippen LogP contribution in [0.4, 0.5) is 22.0 Å². The van der Waals surface area contributed by atoms with Crippen molar-refractivity contribution in [3.05, 3.63) is 47.0 Å². The molecule has 1 aromatic rings. The number of hydrogen-bond donors (Lipinski definition) is 0. The topological polar surface area (TPSA) is 0 Å². The maximum Gasteiger partial charge on any atom is 0.422 e. The van der Waals surface area contributed by atoms with Crippen LogP contribution in [0.2, 0.25) is 0 Å². The van der Waals surface area contributed by atoms with E-state index in [2.05, 4.69) is 19.1 Å². The van der Waals surface area contributed by atoms with Gasteiger partial charge in [0.25, 0.3) is 0 Å². The van der Waals surface area contributed by atoms with Gasteiger partial charge in [0.1, 0.15) is 17.2 Å². The molecule has 2 fully saturated rings. The molecule has 0 nitrogen and oxygen atoms in total. The molecule has 0 saturated heterocycles. The molecule has 0 aliphatic heterocycles. The van der Waals surface area contributed by atoms with E-state index in [-0.39, 0.29) is 5.92 Å². The van der Waals surface area contributed by atoms with Crippen molar-refractivity contribution in [3.8, 4) is 0 Å². The van der Waals surface area contributed by atoms with Crippen LogP contribution in [0.15, 0.2) is 24.3 Å². The number of rotatable bonds is 6. The van der Waals surface area contributed by atoms with Gasteiger partial charge in [0.05, 0.1) is 0 Å². The van der Waals surface area contributed by atoms with E-state index in [0.29, 0.717) is 11.5 Å². The first kappa shape index (κ1) is 23.3. The molecule has 0 spiro atoms. The highest BCUT2D eigenvalue weighted by molar-refractivity contribution is 5.30. The van der Waals surface area contributed by atoms with E-state index in [1.165, 1.54) is 44.9 Å². The van der Waals surface area contributed by atoms with Gasteiger partial charge < -0.3 is 0 Å². The van der Waals surface area contributed by atoms with Crippen LogP contribution in [-0.2, 0) is 6.18 Å². The lowest BCUT2D eigenvalue weighted by Gasteiger charge is -2.32. The second kappa shape index (κ2) is 10.3. The average molecular weight is 429 g/mol. The molecule has 0 radical (unpaired) electrons. The molecule has 0 unspecified atom stereocenters. The molecule has 5 heteroatoms. The van der Waals surface area contributed by atoms with Crippen LogP contribution in [-0.4, -0.2) is 0 Å². The lowest BCUT2D eigenvalue weighted by Crippen LogP contribution is -2.18. The Kier molecular flexibility index (Phi) is 7.98. The van der Waals surface area contributed by atoms with Crippen molar-refractivity contribution < 1.29 is 22.0 Å². The van der Waals surface area contributed by atoms with Crippen LogP contribution in [0.1, 0.15) is 94.6 Å². The summed E-state index contributed by atoms with van der Waals surface area (Å²) < 4.78 is 66.1. The highest BCUT2D eigenvalue weighted by atomic mass is 19.4. The summed E-state index contributed by atoms with van der Waals surface area (Å²) in [5.74, 6) is -0.741. The van der Waals surface area contributed by atoms with Crippen molar-refractivity contribution in [2.75, 3.05) is 0 Å². The van der Waals surface area contributed by atoms with E-state index >= 15 is 0 Å². The lowest BCUT2D eigenvalue weighted by molar-refractivity contribution is -0.142. The van der Waals surface area contributed by atoms with Gasteiger partial charge in [-0.2, -0.15) is 13.2 Å². The van der Waals surface area contributed by atoms with Crippen LogP contribution < -0.4 is 0 Å². The third-order valence-corrected chi connectivity index (χ3v) is 7.32. The third-order valence-electron chi connectivity index (χ3n) is 7.32. The van der Waals surface area contributed by atoms with Crippen molar-refractivity contribution in [2.24, 2.45) is 17.8 Å². The Morgan fingerprint density at radius 2 is 1.27 bits per heavy atom. The molecule has 2 aliphatic carbocycles. The van der Waals surface area contributed by atoms with Gasteiger partial charge >= 0.3 is 6.18 Å². The van der Waals surface area contributed by atoms with Crippen LogP contribution in [0.25, 0.3) is 0 Å². The molecule has 168 valence electrons. The molecule has 0 amide bonds. The zero-order chi connectivity index (χ0) is 21.7. The van der Waals surface area contributed by atoms with Crippen LogP contribution >= 0.6 is 0 Å². The SMILES string of the molecule is CC=CCC1CCC(CCC2CCC(c3cc(F)c(C(F)(F)F)c(F)c3)CC2)CC1. The zero-order valence-corrected chi connectivity index (χ0v) is 17.8. The fourth-order valence-electron chi connectivity index (χ4n) is 5.44. The Balaban J connectivity index is 1.44. The quantitative estimate of drug-likeness (QED) is 0.314. The van der Waals surface area contributed by atoms with Gasteiger partial charge in [0.2, 0.25) is 0 Å². The average Bonchev–Trinajstić information content (AvgIpc) is 2.70. The van der Waals surface area contributed by atoms with Crippen LogP contribution in [0.3, 0.4) is 0 Å². The molecule has 0 heterocycles. The number of hydrogen-bond acceptors (Lipinski definition) is 0. The van der Waals surface area contributed by atoms with Gasteiger partial charge in [-0.3, -0.25) is 0 Å². The number of alkyl halides is 3. The van der Waals surface area contributed by atoms with Gasteiger partial charge in [-0.05, 0) is 93.2 Å². The molecular weight excluding hydrogens is 395 g/mol. The van der Waals surface area contributed by atoms with Gasteiger partial charge in [-0.1, -0.05) is 37.8 Å². The summed E-state index contributed by atoms with van der Waals surface area (Å²) in [6.45, 7) is 2.07. The van der Waals surface area contributed by atoms with Crippen molar-refractivity contribution in [1.29, 1.82) is 0 Å². The highest BCUT2D eigenvalue weighted by Crippen LogP contribution is 2.42. The number of benzene rings is 1. The largest absolute Gasteiger partial charge is 0.422 e. The molecular formula is C25H33F5. The minimum absolute atomic E-state index is 0.0467. The molecule has 30 heavy (non-hydrogen) atoms. The smallest absolute Gasteiger partial charge is 0.206 e. The van der Waals surface area contributed by atoms with E-state index < -0.39 is 23.4 Å². The van der Waals surface area contributed by atoms with Crippen LogP contribution in [0.5, 0.6) is 0 Å². The first-order chi connectivity index (χ1) is 14.3. The molecule has 0 atom stereocenters. The highest BCUT2D eigenvalue weighted by Gasteiger charge is 2.38. The minimum Gasteiger partial charge on any atom is -0.206 e. The lowest BCUT2D eigenvalue weighted by atomic mass is 9.74. The number of halogens is 5. The van der Waals surface area contributed by atoms with E-state index in [4.69, 9.17) is 0 Å². The fraction of sp³-hybridized carbons (Fsp3) is 0.680. The minimum atomic E-state index is -5.00. The van der Waals surface area contributed by atoms with Crippen molar-refractivity contribution >= 4 is 0 Å². The predicted molar refractivity (Wildman–Crippen MR) is 110 cm³/mol. The standard InChI is InChI=1S/C25H33F5/c1-2-3-4-17-5-7-18(8-6-17)9-10-19-11-13-20(14-12-19)21-15-22(26)24(23(27)16-21)25(28,29)30/h2-3,15-20H,4-14H2,1H3. The first-order valence-corrected chi connectivity index (χ1v) is 11.4. The Hall–Kier alpha value is -1.39. The monoisotopic (exact) mass is 428 g/mol. The molecule has 2 aliphatic rings. The van der Waals surface area contributed by atoms with Crippen LogP contribution in [0, 0.1) is 29.4 Å². The van der Waals surface area contributed by atoms with Gasteiger partial charge in [0.15, 0.2) is 0 Å². The molecule has 0 aromatic heterocycles. The van der Waals surface area contributed by atoms with Crippen molar-refractivity contribution in [3.63, 3.8) is 0 Å². The van der Waals surface area contributed by atoms with Gasteiger partial charge in [-0.25, -0.2) is 8.78 Å². The molecule has 1 aromatic carbocycles. The molecule has 3 rings (SSSR count). The van der Waals surface area contributed by atoms with Crippen molar-refractivity contribution in [1.82, 2.24) is 0 Å². The first-order valence-electron chi connectivity index (χ1n) is 11.4.